The Bertz CT molecular complexity index is 483. The van der Waals surface area contributed by atoms with Crippen molar-refractivity contribution < 1.29 is 29.4 Å². The van der Waals surface area contributed by atoms with E-state index < -0.39 is 24.0 Å². The Morgan fingerprint density at radius 1 is 0.846 bits per heavy atom. The summed E-state index contributed by atoms with van der Waals surface area (Å²) in [4.78, 5) is 47.1. The normalized spacial score (nSPS) is 19.3. The first-order chi connectivity index (χ1) is 12.2. The molecule has 26 heavy (non-hydrogen) atoms. The molecule has 1 aliphatic carbocycles. The number of aliphatic carboxylic acids is 2. The average Bonchev–Trinajstić information content (AvgIpc) is 2.56. The van der Waals surface area contributed by atoms with Crippen molar-refractivity contribution in [3.63, 3.8) is 0 Å². The summed E-state index contributed by atoms with van der Waals surface area (Å²) in [6.45, 7) is 0.225. The van der Waals surface area contributed by atoms with Crippen LogP contribution in [0.4, 0.5) is 9.59 Å². The van der Waals surface area contributed by atoms with Crippen molar-refractivity contribution in [2.45, 2.75) is 25.7 Å². The van der Waals surface area contributed by atoms with Crippen molar-refractivity contribution in [1.82, 2.24) is 20.4 Å². The van der Waals surface area contributed by atoms with E-state index in [1.807, 2.05) is 0 Å². The minimum Gasteiger partial charge on any atom is -0.480 e. The zero-order valence-electron chi connectivity index (χ0n) is 15.2. The first-order valence-corrected chi connectivity index (χ1v) is 8.60. The first-order valence-electron chi connectivity index (χ1n) is 8.60. The molecule has 0 aromatic heterocycles. The van der Waals surface area contributed by atoms with Crippen LogP contribution in [0.5, 0.6) is 0 Å². The molecule has 148 valence electrons. The smallest absolute Gasteiger partial charge is 0.323 e. The second-order valence-corrected chi connectivity index (χ2v) is 6.77. The number of likely N-dealkylation sites (N-methyl/N-ethyl adjacent to an activating group) is 2. The predicted molar refractivity (Wildman–Crippen MR) is 92.8 cm³/mol. The number of rotatable bonds is 8. The molecule has 0 radical (unpaired) electrons. The topological polar surface area (TPSA) is 139 Å². The van der Waals surface area contributed by atoms with Crippen LogP contribution >= 0.6 is 0 Å². The second kappa shape index (κ2) is 10.5. The molecule has 4 N–H and O–H groups in total. The van der Waals surface area contributed by atoms with E-state index in [4.69, 9.17) is 10.2 Å². The summed E-state index contributed by atoms with van der Waals surface area (Å²) in [5.74, 6) is -1.60. The average molecular weight is 372 g/mol. The van der Waals surface area contributed by atoms with E-state index in [1.165, 1.54) is 14.1 Å². The van der Waals surface area contributed by atoms with Gasteiger partial charge in [0.05, 0.1) is 0 Å². The highest BCUT2D eigenvalue weighted by atomic mass is 16.4. The van der Waals surface area contributed by atoms with Crippen molar-refractivity contribution in [2.75, 3.05) is 40.3 Å². The lowest BCUT2D eigenvalue weighted by atomic mass is 9.81. The Morgan fingerprint density at radius 3 is 1.58 bits per heavy atom. The standard InChI is InChI=1S/C16H28N4O6/c1-19(9-13(21)22)15(25)17-7-11-4-3-5-12(6-11)8-18-16(26)20(2)10-14(23)24/h11-12H,3-10H2,1-2H3,(H,17,25)(H,18,26)(H,21,22)(H,23,24)/t11-,12-/m1/s1. The third-order valence-electron chi connectivity index (χ3n) is 4.41. The minimum absolute atomic E-state index is 0.268. The van der Waals surface area contributed by atoms with Crippen LogP contribution < -0.4 is 10.6 Å². The van der Waals surface area contributed by atoms with Crippen molar-refractivity contribution in [2.24, 2.45) is 11.8 Å². The zero-order chi connectivity index (χ0) is 19.7. The molecule has 0 aromatic rings. The summed E-state index contributed by atoms with van der Waals surface area (Å²) in [6.07, 6.45) is 3.75. The van der Waals surface area contributed by atoms with Crippen LogP contribution in [-0.4, -0.2) is 84.3 Å². The molecule has 0 spiro atoms. The number of carbonyl (C=O) groups excluding carboxylic acids is 2. The molecule has 1 rings (SSSR count). The molecular formula is C16H28N4O6. The van der Waals surface area contributed by atoms with Gasteiger partial charge in [0.2, 0.25) is 0 Å². The SMILES string of the molecule is CN(CC(=O)O)C(=O)NC[C@@H]1CCC[C@@H](CNC(=O)N(C)CC(=O)O)C1. The van der Waals surface area contributed by atoms with Gasteiger partial charge in [-0.05, 0) is 31.1 Å². The van der Waals surface area contributed by atoms with E-state index in [0.717, 1.165) is 35.5 Å². The van der Waals surface area contributed by atoms with Gasteiger partial charge in [-0.25, -0.2) is 9.59 Å². The van der Waals surface area contributed by atoms with Crippen molar-refractivity contribution in [1.29, 1.82) is 0 Å². The van der Waals surface area contributed by atoms with E-state index in [1.54, 1.807) is 0 Å². The number of hydrogen-bond acceptors (Lipinski definition) is 4. The Morgan fingerprint density at radius 2 is 1.23 bits per heavy atom. The van der Waals surface area contributed by atoms with Crippen LogP contribution in [0, 0.1) is 11.8 Å². The lowest BCUT2D eigenvalue weighted by Gasteiger charge is -2.30. The molecule has 1 aliphatic rings. The van der Waals surface area contributed by atoms with Crippen molar-refractivity contribution in [3.05, 3.63) is 0 Å². The lowest BCUT2D eigenvalue weighted by Crippen LogP contribution is -2.44. The van der Waals surface area contributed by atoms with Gasteiger partial charge in [-0.1, -0.05) is 6.42 Å². The highest BCUT2D eigenvalue weighted by Gasteiger charge is 2.24. The molecule has 0 heterocycles. The summed E-state index contributed by atoms with van der Waals surface area (Å²) in [6, 6.07) is -0.837. The largest absolute Gasteiger partial charge is 0.480 e. The Balaban J connectivity index is 2.33. The Hall–Kier alpha value is -2.52. The van der Waals surface area contributed by atoms with Crippen molar-refractivity contribution in [3.8, 4) is 0 Å². The summed E-state index contributed by atoms with van der Waals surface area (Å²) in [7, 11) is 2.85. The summed E-state index contributed by atoms with van der Waals surface area (Å²) >= 11 is 0. The number of hydrogen-bond donors (Lipinski definition) is 4. The second-order valence-electron chi connectivity index (χ2n) is 6.77. The molecule has 4 amide bonds. The van der Waals surface area contributed by atoms with E-state index >= 15 is 0 Å². The maximum atomic E-state index is 11.8. The molecule has 0 saturated heterocycles. The van der Waals surface area contributed by atoms with Gasteiger partial charge in [0.15, 0.2) is 0 Å². The van der Waals surface area contributed by atoms with Crippen LogP contribution in [0.3, 0.4) is 0 Å². The van der Waals surface area contributed by atoms with Crippen LogP contribution in [-0.2, 0) is 9.59 Å². The van der Waals surface area contributed by atoms with Crippen LogP contribution in [0.1, 0.15) is 25.7 Å². The van der Waals surface area contributed by atoms with Crippen LogP contribution in [0.15, 0.2) is 0 Å². The van der Waals surface area contributed by atoms with Crippen LogP contribution in [0.25, 0.3) is 0 Å². The molecule has 1 saturated carbocycles. The number of carboxylic acids is 2. The molecule has 0 aromatic carbocycles. The number of amides is 4. The van der Waals surface area contributed by atoms with Gasteiger partial charge in [-0.3, -0.25) is 9.59 Å². The molecule has 2 atom stereocenters. The maximum absolute atomic E-state index is 11.8. The highest BCUT2D eigenvalue weighted by Crippen LogP contribution is 2.28. The molecule has 0 bridgehead atoms. The minimum atomic E-state index is -1.07. The number of carboxylic acid groups (broad SMARTS) is 2. The Kier molecular flexibility index (Phi) is 8.66. The third kappa shape index (κ3) is 8.04. The fourth-order valence-corrected chi connectivity index (χ4v) is 3.06. The molecule has 1 fully saturated rings. The van der Waals surface area contributed by atoms with Gasteiger partial charge >= 0.3 is 24.0 Å². The zero-order valence-corrected chi connectivity index (χ0v) is 15.2. The Labute approximate surface area is 152 Å². The fourth-order valence-electron chi connectivity index (χ4n) is 3.06. The van der Waals surface area contributed by atoms with E-state index in [9.17, 15) is 19.2 Å². The van der Waals surface area contributed by atoms with E-state index in [0.29, 0.717) is 13.1 Å². The highest BCUT2D eigenvalue weighted by molar-refractivity contribution is 5.80. The summed E-state index contributed by atoms with van der Waals surface area (Å²) in [5, 5.41) is 22.9. The quantitative estimate of drug-likeness (QED) is 0.481. The number of nitrogens with zero attached hydrogens (tertiary/aromatic N) is 2. The predicted octanol–water partition coefficient (Wildman–Crippen LogP) is 0.245. The molecule has 10 nitrogen and oxygen atoms in total. The number of carbonyl (C=O) groups is 4. The van der Waals surface area contributed by atoms with Gasteiger partial charge in [0.1, 0.15) is 13.1 Å². The summed E-state index contributed by atoms with van der Waals surface area (Å²) < 4.78 is 0. The maximum Gasteiger partial charge on any atom is 0.323 e. The van der Waals surface area contributed by atoms with Gasteiger partial charge in [-0.15, -0.1) is 0 Å². The molecule has 0 aliphatic heterocycles. The monoisotopic (exact) mass is 372 g/mol. The van der Waals surface area contributed by atoms with Gasteiger partial charge in [0, 0.05) is 27.2 Å². The van der Waals surface area contributed by atoms with E-state index in [2.05, 4.69) is 10.6 Å². The van der Waals surface area contributed by atoms with Gasteiger partial charge in [0.25, 0.3) is 0 Å². The molecule has 0 unspecified atom stereocenters. The van der Waals surface area contributed by atoms with Crippen LogP contribution in [0.2, 0.25) is 0 Å². The summed E-state index contributed by atoms with van der Waals surface area (Å²) in [5.41, 5.74) is 0. The third-order valence-corrected chi connectivity index (χ3v) is 4.41. The van der Waals surface area contributed by atoms with Crippen molar-refractivity contribution >= 4 is 24.0 Å². The first kappa shape index (κ1) is 21.5. The number of nitrogens with one attached hydrogen (secondary N) is 2. The fraction of sp³-hybridized carbons (Fsp3) is 0.750. The molecule has 10 heteroatoms. The van der Waals surface area contributed by atoms with E-state index in [-0.39, 0.29) is 24.9 Å². The number of urea groups is 2. The van der Waals surface area contributed by atoms with Gasteiger partial charge in [-0.2, -0.15) is 0 Å². The molecular weight excluding hydrogens is 344 g/mol. The lowest BCUT2D eigenvalue weighted by molar-refractivity contribution is -0.138. The van der Waals surface area contributed by atoms with Gasteiger partial charge < -0.3 is 30.6 Å².